The van der Waals surface area contributed by atoms with E-state index in [4.69, 9.17) is 5.26 Å². The van der Waals surface area contributed by atoms with Gasteiger partial charge in [0.15, 0.2) is 0 Å². The fourth-order valence-corrected chi connectivity index (χ4v) is 2.23. The number of carbonyl (C=O) groups is 2. The molecule has 1 aromatic carbocycles. The van der Waals surface area contributed by atoms with E-state index in [-0.39, 0.29) is 0 Å². The molecule has 0 aromatic heterocycles. The first-order valence-electron chi connectivity index (χ1n) is 6.81. The number of rotatable bonds is 1. The zero-order chi connectivity index (χ0) is 14.4. The summed E-state index contributed by atoms with van der Waals surface area (Å²) >= 11 is 0. The van der Waals surface area contributed by atoms with Crippen molar-refractivity contribution in [3.05, 3.63) is 29.8 Å². The largest absolute Gasteiger partial charge is 0.334 e. The number of likely N-dealkylation sites (tertiary alicyclic amines) is 1. The van der Waals surface area contributed by atoms with E-state index in [1.54, 1.807) is 29.2 Å². The summed E-state index contributed by atoms with van der Waals surface area (Å²) in [5, 5.41) is 11.3. The minimum Gasteiger partial charge on any atom is -0.334 e. The molecule has 0 unspecified atom stereocenters. The van der Waals surface area contributed by atoms with Gasteiger partial charge in [0, 0.05) is 18.8 Å². The summed E-state index contributed by atoms with van der Waals surface area (Å²) in [5.74, 6) is -1.09. The van der Waals surface area contributed by atoms with Crippen molar-refractivity contribution in [3.8, 4) is 6.07 Å². The average molecular weight is 271 g/mol. The van der Waals surface area contributed by atoms with Gasteiger partial charge >= 0.3 is 11.8 Å². The van der Waals surface area contributed by atoms with Crippen molar-refractivity contribution in [1.29, 1.82) is 5.26 Å². The summed E-state index contributed by atoms with van der Waals surface area (Å²) in [4.78, 5) is 25.6. The van der Waals surface area contributed by atoms with Gasteiger partial charge in [-0.05, 0) is 37.1 Å². The third-order valence-corrected chi connectivity index (χ3v) is 3.36. The number of anilines is 1. The predicted octanol–water partition coefficient (Wildman–Crippen LogP) is 1.90. The van der Waals surface area contributed by atoms with Gasteiger partial charge in [-0.2, -0.15) is 5.26 Å². The van der Waals surface area contributed by atoms with Crippen molar-refractivity contribution in [2.45, 2.75) is 25.7 Å². The van der Waals surface area contributed by atoms with Crippen molar-refractivity contribution >= 4 is 17.5 Å². The van der Waals surface area contributed by atoms with Crippen LogP contribution in [0.25, 0.3) is 0 Å². The Kier molecular flexibility index (Phi) is 4.72. The predicted molar refractivity (Wildman–Crippen MR) is 74.8 cm³/mol. The summed E-state index contributed by atoms with van der Waals surface area (Å²) in [6.45, 7) is 1.30. The van der Waals surface area contributed by atoms with Gasteiger partial charge in [-0.3, -0.25) is 9.59 Å². The molecule has 1 fully saturated rings. The molecule has 0 bridgehead atoms. The van der Waals surface area contributed by atoms with E-state index in [1.807, 2.05) is 6.07 Å². The van der Waals surface area contributed by atoms with Gasteiger partial charge in [0.2, 0.25) is 0 Å². The maximum atomic E-state index is 12.0. The van der Waals surface area contributed by atoms with Crippen LogP contribution in [0.5, 0.6) is 0 Å². The molecule has 0 atom stereocenters. The Labute approximate surface area is 118 Å². The highest BCUT2D eigenvalue weighted by Crippen LogP contribution is 2.12. The monoisotopic (exact) mass is 271 g/mol. The Balaban J connectivity index is 1.96. The summed E-state index contributed by atoms with van der Waals surface area (Å²) < 4.78 is 0. The molecule has 5 nitrogen and oxygen atoms in total. The van der Waals surface area contributed by atoms with E-state index in [0.717, 1.165) is 25.7 Å². The Morgan fingerprint density at radius 3 is 2.20 bits per heavy atom. The lowest BCUT2D eigenvalue weighted by molar-refractivity contribution is -0.143. The summed E-state index contributed by atoms with van der Waals surface area (Å²) in [6, 6.07) is 8.44. The van der Waals surface area contributed by atoms with E-state index in [2.05, 4.69) is 5.32 Å². The Morgan fingerprint density at radius 1 is 1.05 bits per heavy atom. The number of nitriles is 1. The van der Waals surface area contributed by atoms with Gasteiger partial charge in [0.1, 0.15) is 0 Å². The lowest BCUT2D eigenvalue weighted by Gasteiger charge is -2.19. The SMILES string of the molecule is N#Cc1ccc(NC(=O)C(=O)N2CCCCCC2)cc1. The summed E-state index contributed by atoms with van der Waals surface area (Å²) in [7, 11) is 0. The second-order valence-electron chi connectivity index (χ2n) is 4.85. The minimum absolute atomic E-state index is 0.476. The van der Waals surface area contributed by atoms with Crippen molar-refractivity contribution in [3.63, 3.8) is 0 Å². The van der Waals surface area contributed by atoms with Gasteiger partial charge in [0.25, 0.3) is 0 Å². The van der Waals surface area contributed by atoms with Gasteiger partial charge in [-0.15, -0.1) is 0 Å². The molecule has 2 amide bonds. The van der Waals surface area contributed by atoms with Crippen molar-refractivity contribution in [2.24, 2.45) is 0 Å². The van der Waals surface area contributed by atoms with Crippen molar-refractivity contribution < 1.29 is 9.59 Å². The second-order valence-corrected chi connectivity index (χ2v) is 4.85. The third-order valence-electron chi connectivity index (χ3n) is 3.36. The van der Waals surface area contributed by atoms with Gasteiger partial charge in [0.05, 0.1) is 11.6 Å². The lowest BCUT2D eigenvalue weighted by atomic mass is 10.2. The smallest absolute Gasteiger partial charge is 0.313 e. The van der Waals surface area contributed by atoms with Crippen molar-refractivity contribution in [1.82, 2.24) is 4.90 Å². The molecule has 1 heterocycles. The molecule has 104 valence electrons. The number of amides is 2. The fourth-order valence-electron chi connectivity index (χ4n) is 2.23. The minimum atomic E-state index is -0.614. The van der Waals surface area contributed by atoms with Crippen molar-refractivity contribution in [2.75, 3.05) is 18.4 Å². The van der Waals surface area contributed by atoms with E-state index in [9.17, 15) is 9.59 Å². The Hall–Kier alpha value is -2.35. The maximum absolute atomic E-state index is 12.0. The van der Waals surface area contributed by atoms with Gasteiger partial charge in [-0.25, -0.2) is 0 Å². The topological polar surface area (TPSA) is 73.2 Å². The number of benzene rings is 1. The molecular weight excluding hydrogens is 254 g/mol. The Bertz CT molecular complexity index is 523. The van der Waals surface area contributed by atoms with Crippen LogP contribution in [0.15, 0.2) is 24.3 Å². The number of nitrogens with zero attached hydrogens (tertiary/aromatic N) is 2. The third kappa shape index (κ3) is 3.58. The van der Waals surface area contributed by atoms with E-state index < -0.39 is 11.8 Å². The number of hydrogen-bond acceptors (Lipinski definition) is 3. The Morgan fingerprint density at radius 2 is 1.65 bits per heavy atom. The molecule has 0 radical (unpaired) electrons. The maximum Gasteiger partial charge on any atom is 0.313 e. The first kappa shape index (κ1) is 14.1. The highest BCUT2D eigenvalue weighted by atomic mass is 16.2. The van der Waals surface area contributed by atoms with E-state index in [0.29, 0.717) is 24.3 Å². The molecule has 20 heavy (non-hydrogen) atoms. The first-order valence-corrected chi connectivity index (χ1v) is 6.81. The average Bonchev–Trinajstić information content (AvgIpc) is 2.76. The quantitative estimate of drug-likeness (QED) is 0.793. The van der Waals surface area contributed by atoms with E-state index in [1.165, 1.54) is 0 Å². The molecule has 1 aromatic rings. The molecular formula is C15H17N3O2. The van der Waals surface area contributed by atoms with Crippen LogP contribution < -0.4 is 5.32 Å². The van der Waals surface area contributed by atoms with Crippen LogP contribution in [0, 0.1) is 11.3 Å². The molecule has 2 rings (SSSR count). The standard InChI is InChI=1S/C15H17N3O2/c16-11-12-5-7-13(8-6-12)17-14(19)15(20)18-9-3-1-2-4-10-18/h5-8H,1-4,9-10H2,(H,17,19). The van der Waals surface area contributed by atoms with Crippen LogP contribution in [0.4, 0.5) is 5.69 Å². The molecule has 1 aliphatic rings. The van der Waals surface area contributed by atoms with Crippen LogP contribution in [-0.4, -0.2) is 29.8 Å². The highest BCUT2D eigenvalue weighted by molar-refractivity contribution is 6.39. The number of nitrogens with one attached hydrogen (secondary N) is 1. The first-order chi connectivity index (χ1) is 9.70. The number of carbonyl (C=O) groups excluding carboxylic acids is 2. The molecule has 1 N–H and O–H groups in total. The molecule has 0 saturated carbocycles. The van der Waals surface area contributed by atoms with E-state index >= 15 is 0 Å². The van der Waals surface area contributed by atoms with Crippen LogP contribution >= 0.6 is 0 Å². The normalized spacial score (nSPS) is 15.1. The van der Waals surface area contributed by atoms with Crippen LogP contribution in [-0.2, 0) is 9.59 Å². The highest BCUT2D eigenvalue weighted by Gasteiger charge is 2.22. The summed E-state index contributed by atoms with van der Waals surface area (Å²) in [5.41, 5.74) is 1.04. The molecule has 0 spiro atoms. The molecule has 1 aliphatic heterocycles. The fraction of sp³-hybridized carbons (Fsp3) is 0.400. The van der Waals surface area contributed by atoms with Crippen LogP contribution in [0.2, 0.25) is 0 Å². The lowest BCUT2D eigenvalue weighted by Crippen LogP contribution is -2.40. The zero-order valence-electron chi connectivity index (χ0n) is 11.3. The van der Waals surface area contributed by atoms with Crippen LogP contribution in [0.1, 0.15) is 31.2 Å². The molecule has 1 saturated heterocycles. The number of hydrogen-bond donors (Lipinski definition) is 1. The van der Waals surface area contributed by atoms with Gasteiger partial charge < -0.3 is 10.2 Å². The molecule has 5 heteroatoms. The summed E-state index contributed by atoms with van der Waals surface area (Å²) in [6.07, 6.45) is 4.13. The van der Waals surface area contributed by atoms with Crippen LogP contribution in [0.3, 0.4) is 0 Å². The second kappa shape index (κ2) is 6.71. The molecule has 0 aliphatic carbocycles. The zero-order valence-corrected chi connectivity index (χ0v) is 11.3. The van der Waals surface area contributed by atoms with Gasteiger partial charge in [-0.1, -0.05) is 12.8 Å².